The summed E-state index contributed by atoms with van der Waals surface area (Å²) in [5, 5.41) is 8.40. The Bertz CT molecular complexity index is 711. The van der Waals surface area contributed by atoms with E-state index in [1.165, 1.54) is 11.8 Å². The maximum absolute atomic E-state index is 12.7. The van der Waals surface area contributed by atoms with E-state index in [0.29, 0.717) is 25.1 Å². The highest BCUT2D eigenvalue weighted by Crippen LogP contribution is 2.15. The largest absolute Gasteiger partial charge is 0.355 e. The van der Waals surface area contributed by atoms with E-state index in [9.17, 15) is 19.2 Å². The summed E-state index contributed by atoms with van der Waals surface area (Å²) in [5.74, 6) is -0.966. The molecular formula is C21H29N3O4S. The number of hydrogen-bond donors (Lipinski definition) is 3. The molecule has 158 valence electrons. The Kier molecular flexibility index (Phi) is 9.70. The molecule has 8 heteroatoms. The molecular weight excluding hydrogens is 390 g/mol. The van der Waals surface area contributed by atoms with Crippen LogP contribution < -0.4 is 16.0 Å². The number of carbonyl (C=O) groups is 4. The highest BCUT2D eigenvalue weighted by Gasteiger charge is 2.31. The summed E-state index contributed by atoms with van der Waals surface area (Å²) in [7, 11) is 0. The van der Waals surface area contributed by atoms with E-state index in [4.69, 9.17) is 0 Å². The fraction of sp³-hybridized carbons (Fsp3) is 0.524. The van der Waals surface area contributed by atoms with Gasteiger partial charge in [-0.25, -0.2) is 0 Å². The Balaban J connectivity index is 1.92. The molecule has 3 N–H and O–H groups in total. The van der Waals surface area contributed by atoms with Crippen molar-refractivity contribution in [2.24, 2.45) is 5.92 Å². The number of thioether (sulfide) groups is 1. The third-order valence-corrected chi connectivity index (χ3v) is 5.62. The Hall–Kier alpha value is -2.35. The number of benzene rings is 1. The molecule has 1 fully saturated rings. The van der Waals surface area contributed by atoms with Gasteiger partial charge in [0.05, 0.1) is 0 Å². The summed E-state index contributed by atoms with van der Waals surface area (Å²) in [6.45, 7) is 2.13. The van der Waals surface area contributed by atoms with Crippen molar-refractivity contribution in [3.63, 3.8) is 0 Å². The normalized spacial score (nSPS) is 17.1. The SMILES string of the molecule is CC(=O)SCCCCC[C@H](NC(=O)[C@@H]1CCCNC1=O)C(=O)Nc1ccccc1. The molecule has 29 heavy (non-hydrogen) atoms. The Labute approximate surface area is 175 Å². The molecule has 0 radical (unpaired) electrons. The molecule has 0 spiro atoms. The Morgan fingerprint density at radius 1 is 1.17 bits per heavy atom. The first-order valence-electron chi connectivity index (χ1n) is 10.0. The van der Waals surface area contributed by atoms with Gasteiger partial charge in [-0.1, -0.05) is 42.8 Å². The van der Waals surface area contributed by atoms with Crippen molar-refractivity contribution >= 4 is 40.3 Å². The second-order valence-corrected chi connectivity index (χ2v) is 8.36. The fourth-order valence-corrected chi connectivity index (χ4v) is 3.79. The number of piperidine rings is 1. The number of nitrogens with one attached hydrogen (secondary N) is 3. The first kappa shape index (κ1) is 22.9. The minimum Gasteiger partial charge on any atom is -0.355 e. The van der Waals surface area contributed by atoms with Crippen molar-refractivity contribution in [2.75, 3.05) is 17.6 Å². The Morgan fingerprint density at radius 3 is 2.62 bits per heavy atom. The quantitative estimate of drug-likeness (QED) is 0.399. The topological polar surface area (TPSA) is 104 Å². The van der Waals surface area contributed by atoms with Gasteiger partial charge in [-0.05, 0) is 37.8 Å². The molecule has 1 saturated heterocycles. The van der Waals surface area contributed by atoms with Crippen LogP contribution in [0.15, 0.2) is 30.3 Å². The molecule has 1 heterocycles. The fourth-order valence-electron chi connectivity index (χ4n) is 3.16. The molecule has 1 aromatic rings. The van der Waals surface area contributed by atoms with Gasteiger partial charge in [-0.2, -0.15) is 0 Å². The third kappa shape index (κ3) is 8.27. The van der Waals surface area contributed by atoms with Crippen molar-refractivity contribution in [1.29, 1.82) is 0 Å². The molecule has 7 nitrogen and oxygen atoms in total. The lowest BCUT2D eigenvalue weighted by atomic mass is 9.97. The highest BCUT2D eigenvalue weighted by atomic mass is 32.2. The van der Waals surface area contributed by atoms with Gasteiger partial charge in [0.15, 0.2) is 5.12 Å². The van der Waals surface area contributed by atoms with Gasteiger partial charge in [0.25, 0.3) is 0 Å². The zero-order valence-electron chi connectivity index (χ0n) is 16.7. The molecule has 0 saturated carbocycles. The van der Waals surface area contributed by atoms with Gasteiger partial charge >= 0.3 is 0 Å². The van der Waals surface area contributed by atoms with Gasteiger partial charge < -0.3 is 16.0 Å². The molecule has 0 bridgehead atoms. The van der Waals surface area contributed by atoms with E-state index in [0.717, 1.165) is 31.4 Å². The maximum atomic E-state index is 12.7. The first-order chi connectivity index (χ1) is 14.0. The van der Waals surface area contributed by atoms with Crippen LogP contribution in [0, 0.1) is 5.92 Å². The molecule has 0 aromatic heterocycles. The van der Waals surface area contributed by atoms with Crippen molar-refractivity contribution < 1.29 is 19.2 Å². The summed E-state index contributed by atoms with van der Waals surface area (Å²) in [5.41, 5.74) is 0.657. The van der Waals surface area contributed by atoms with Crippen LogP contribution in [0.1, 0.15) is 45.4 Å². The van der Waals surface area contributed by atoms with Crippen LogP contribution in [0.25, 0.3) is 0 Å². The summed E-state index contributed by atoms with van der Waals surface area (Å²) < 4.78 is 0. The van der Waals surface area contributed by atoms with Crippen molar-refractivity contribution in [3.8, 4) is 0 Å². The summed E-state index contributed by atoms with van der Waals surface area (Å²) in [4.78, 5) is 48.3. The predicted octanol–water partition coefficient (Wildman–Crippen LogP) is 2.48. The Morgan fingerprint density at radius 2 is 1.93 bits per heavy atom. The molecule has 0 unspecified atom stereocenters. The van der Waals surface area contributed by atoms with E-state index in [-0.39, 0.29) is 16.9 Å². The van der Waals surface area contributed by atoms with Gasteiger partial charge in [-0.3, -0.25) is 19.2 Å². The van der Waals surface area contributed by atoms with Crippen molar-refractivity contribution in [3.05, 3.63) is 30.3 Å². The minimum atomic E-state index is -0.747. The molecule has 3 amide bonds. The minimum absolute atomic E-state index is 0.100. The maximum Gasteiger partial charge on any atom is 0.246 e. The van der Waals surface area contributed by atoms with E-state index in [1.807, 2.05) is 18.2 Å². The third-order valence-electron chi connectivity index (χ3n) is 4.72. The molecule has 1 aliphatic rings. The number of hydrogen-bond acceptors (Lipinski definition) is 5. The van der Waals surface area contributed by atoms with Crippen molar-refractivity contribution in [1.82, 2.24) is 10.6 Å². The van der Waals surface area contributed by atoms with Crippen molar-refractivity contribution in [2.45, 2.75) is 51.5 Å². The molecule has 2 atom stereocenters. The monoisotopic (exact) mass is 419 g/mol. The van der Waals surface area contributed by atoms with Crippen LogP contribution in [0.3, 0.4) is 0 Å². The van der Waals surface area contributed by atoms with Crippen LogP contribution in [0.4, 0.5) is 5.69 Å². The second kappa shape index (κ2) is 12.3. The van der Waals surface area contributed by atoms with Gasteiger partial charge in [0.1, 0.15) is 12.0 Å². The van der Waals surface area contributed by atoms with Crippen LogP contribution in [0.5, 0.6) is 0 Å². The van der Waals surface area contributed by atoms with E-state index < -0.39 is 17.9 Å². The number of rotatable bonds is 10. The standard InChI is InChI=1S/C21H29N3O4S/c1-15(25)29-14-7-3-6-12-18(21(28)23-16-9-4-2-5-10-16)24-20(27)17-11-8-13-22-19(17)26/h2,4-5,9-10,17-18H,3,6-8,11-14H2,1H3,(H,22,26)(H,23,28)(H,24,27)/t17-,18+/m1/s1. The zero-order valence-corrected chi connectivity index (χ0v) is 17.6. The highest BCUT2D eigenvalue weighted by molar-refractivity contribution is 8.13. The molecule has 1 aromatic carbocycles. The average Bonchev–Trinajstić information content (AvgIpc) is 2.70. The number of para-hydroxylation sites is 1. The lowest BCUT2D eigenvalue weighted by Crippen LogP contribution is -2.50. The first-order valence-corrected chi connectivity index (χ1v) is 11.0. The van der Waals surface area contributed by atoms with Crippen LogP contribution >= 0.6 is 11.8 Å². The number of unbranched alkanes of at least 4 members (excludes halogenated alkanes) is 2. The molecule has 2 rings (SSSR count). The van der Waals surface area contributed by atoms with Gasteiger partial charge in [-0.15, -0.1) is 0 Å². The second-order valence-electron chi connectivity index (χ2n) is 7.09. The number of amides is 3. The summed E-state index contributed by atoms with van der Waals surface area (Å²) >= 11 is 1.30. The van der Waals surface area contributed by atoms with Gasteiger partial charge in [0.2, 0.25) is 17.7 Å². The van der Waals surface area contributed by atoms with E-state index in [2.05, 4.69) is 16.0 Å². The lowest BCUT2D eigenvalue weighted by molar-refractivity contribution is -0.138. The van der Waals surface area contributed by atoms with Crippen LogP contribution in [0.2, 0.25) is 0 Å². The van der Waals surface area contributed by atoms with Gasteiger partial charge in [0, 0.05) is 24.9 Å². The molecule has 1 aliphatic heterocycles. The smallest absolute Gasteiger partial charge is 0.246 e. The molecule has 0 aliphatic carbocycles. The zero-order chi connectivity index (χ0) is 21.1. The van der Waals surface area contributed by atoms with Crippen LogP contribution in [-0.4, -0.2) is 41.2 Å². The number of carbonyl (C=O) groups excluding carboxylic acids is 4. The number of anilines is 1. The lowest BCUT2D eigenvalue weighted by Gasteiger charge is -2.24. The van der Waals surface area contributed by atoms with E-state index >= 15 is 0 Å². The summed E-state index contributed by atoms with van der Waals surface area (Å²) in [6, 6.07) is 8.35. The predicted molar refractivity (Wildman–Crippen MR) is 114 cm³/mol. The van der Waals surface area contributed by atoms with E-state index in [1.54, 1.807) is 19.1 Å². The average molecular weight is 420 g/mol. The summed E-state index contributed by atoms with van der Waals surface area (Å²) in [6.07, 6.45) is 4.18. The van der Waals surface area contributed by atoms with Crippen LogP contribution in [-0.2, 0) is 19.2 Å².